The van der Waals surface area contributed by atoms with E-state index in [-0.39, 0.29) is 12.4 Å². The number of aromatic nitrogens is 2. The van der Waals surface area contributed by atoms with Gasteiger partial charge < -0.3 is 19.5 Å². The third-order valence-electron chi connectivity index (χ3n) is 4.00. The van der Waals surface area contributed by atoms with E-state index in [9.17, 15) is 5.11 Å². The second-order valence-electron chi connectivity index (χ2n) is 5.65. The number of ether oxygens (including phenoxy) is 2. The van der Waals surface area contributed by atoms with Crippen molar-refractivity contribution in [1.29, 1.82) is 0 Å². The summed E-state index contributed by atoms with van der Waals surface area (Å²) in [4.78, 5) is 2.31. The average Bonchev–Trinajstić information content (AvgIpc) is 3.11. The molecule has 2 atom stereocenters. The van der Waals surface area contributed by atoms with E-state index in [1.54, 1.807) is 10.9 Å². The van der Waals surface area contributed by atoms with Crippen LogP contribution in [0.5, 0.6) is 0 Å². The smallest absolute Gasteiger partial charge is 0.161 e. The number of likely N-dealkylation sites (tertiary alicyclic amines) is 1. The van der Waals surface area contributed by atoms with Gasteiger partial charge in [0.15, 0.2) is 6.29 Å². The summed E-state index contributed by atoms with van der Waals surface area (Å²) < 4.78 is 13.0. The maximum absolute atomic E-state index is 10.2. The number of aliphatic hydroxyl groups excluding tert-OH is 1. The van der Waals surface area contributed by atoms with Gasteiger partial charge in [0.2, 0.25) is 0 Å². The molecule has 2 aliphatic rings. The molecule has 1 aromatic heterocycles. The number of aliphatic hydroxyl groups is 1. The average molecular weight is 281 g/mol. The van der Waals surface area contributed by atoms with Crippen molar-refractivity contribution in [3.05, 3.63) is 18.5 Å². The van der Waals surface area contributed by atoms with Crippen LogP contribution < -0.4 is 0 Å². The predicted molar refractivity (Wildman–Crippen MR) is 73.1 cm³/mol. The summed E-state index contributed by atoms with van der Waals surface area (Å²) >= 11 is 0. The molecule has 2 saturated heterocycles. The van der Waals surface area contributed by atoms with Gasteiger partial charge in [-0.05, 0) is 25.5 Å². The SMILES string of the molecule is OC(CN1CCCC(C2OCCO2)C1)Cn1cccn1. The van der Waals surface area contributed by atoms with Crippen molar-refractivity contribution in [2.45, 2.75) is 31.8 Å². The van der Waals surface area contributed by atoms with E-state index in [0.29, 0.717) is 32.2 Å². The van der Waals surface area contributed by atoms with Gasteiger partial charge in [-0.2, -0.15) is 5.10 Å². The van der Waals surface area contributed by atoms with Crippen molar-refractivity contribution in [3.8, 4) is 0 Å². The monoisotopic (exact) mass is 281 g/mol. The Morgan fingerprint density at radius 1 is 1.30 bits per heavy atom. The van der Waals surface area contributed by atoms with E-state index < -0.39 is 0 Å². The number of hydrogen-bond acceptors (Lipinski definition) is 5. The van der Waals surface area contributed by atoms with Crippen LogP contribution in [0.4, 0.5) is 0 Å². The number of hydrogen-bond donors (Lipinski definition) is 1. The van der Waals surface area contributed by atoms with Crippen molar-refractivity contribution in [2.75, 3.05) is 32.8 Å². The maximum Gasteiger partial charge on any atom is 0.161 e. The van der Waals surface area contributed by atoms with Gasteiger partial charge in [0.05, 0.1) is 25.9 Å². The number of rotatable bonds is 5. The molecule has 6 nitrogen and oxygen atoms in total. The van der Waals surface area contributed by atoms with Gasteiger partial charge in [0.1, 0.15) is 0 Å². The molecule has 0 bridgehead atoms. The molecular formula is C14H23N3O3. The second kappa shape index (κ2) is 6.67. The van der Waals surface area contributed by atoms with Crippen LogP contribution in [-0.4, -0.2) is 65.0 Å². The van der Waals surface area contributed by atoms with E-state index in [1.807, 2.05) is 12.3 Å². The molecule has 112 valence electrons. The molecule has 2 aliphatic heterocycles. The van der Waals surface area contributed by atoms with E-state index in [2.05, 4.69) is 10.00 Å². The second-order valence-corrected chi connectivity index (χ2v) is 5.65. The first-order chi connectivity index (χ1) is 9.81. The highest BCUT2D eigenvalue weighted by molar-refractivity contribution is 4.81. The van der Waals surface area contributed by atoms with Crippen LogP contribution >= 0.6 is 0 Å². The lowest BCUT2D eigenvalue weighted by Gasteiger charge is -2.35. The summed E-state index contributed by atoms with van der Waals surface area (Å²) in [5, 5.41) is 14.3. The van der Waals surface area contributed by atoms with Gasteiger partial charge >= 0.3 is 0 Å². The van der Waals surface area contributed by atoms with Crippen LogP contribution in [0, 0.1) is 5.92 Å². The zero-order chi connectivity index (χ0) is 13.8. The standard InChI is InChI=1S/C14H23N3O3/c18-13(11-17-6-2-4-15-17)10-16-5-1-3-12(9-16)14-19-7-8-20-14/h2,4,6,12-14,18H,1,3,5,7-11H2. The molecule has 1 N–H and O–H groups in total. The zero-order valence-corrected chi connectivity index (χ0v) is 11.7. The summed E-state index contributed by atoms with van der Waals surface area (Å²) in [6.07, 6.45) is 5.47. The minimum absolute atomic E-state index is 0.0407. The van der Waals surface area contributed by atoms with E-state index in [4.69, 9.17) is 9.47 Å². The van der Waals surface area contributed by atoms with Gasteiger partial charge in [0.25, 0.3) is 0 Å². The van der Waals surface area contributed by atoms with Crippen molar-refractivity contribution < 1.29 is 14.6 Å². The lowest BCUT2D eigenvalue weighted by Crippen LogP contribution is -2.44. The molecule has 0 aromatic carbocycles. The minimum atomic E-state index is -0.390. The molecule has 0 spiro atoms. The lowest BCUT2D eigenvalue weighted by atomic mass is 9.97. The first-order valence-corrected chi connectivity index (χ1v) is 7.42. The summed E-state index contributed by atoms with van der Waals surface area (Å²) in [6.45, 7) is 4.64. The Hall–Kier alpha value is -0.950. The normalized spacial score (nSPS) is 26.9. The Kier molecular flexibility index (Phi) is 4.67. The molecule has 0 saturated carbocycles. The van der Waals surface area contributed by atoms with Gasteiger partial charge in [-0.1, -0.05) is 0 Å². The fourth-order valence-corrected chi connectivity index (χ4v) is 3.11. The highest BCUT2D eigenvalue weighted by atomic mass is 16.7. The molecule has 0 aliphatic carbocycles. The Bertz CT molecular complexity index is 392. The Morgan fingerprint density at radius 3 is 2.90 bits per heavy atom. The molecule has 1 aromatic rings. The maximum atomic E-state index is 10.2. The molecule has 0 amide bonds. The van der Waals surface area contributed by atoms with Crippen LogP contribution in [0.25, 0.3) is 0 Å². The fourth-order valence-electron chi connectivity index (χ4n) is 3.11. The van der Waals surface area contributed by atoms with E-state index >= 15 is 0 Å². The summed E-state index contributed by atoms with van der Waals surface area (Å²) in [5.74, 6) is 0.433. The van der Waals surface area contributed by atoms with Crippen LogP contribution in [0.2, 0.25) is 0 Å². The van der Waals surface area contributed by atoms with Gasteiger partial charge in [-0.3, -0.25) is 4.68 Å². The highest BCUT2D eigenvalue weighted by Crippen LogP contribution is 2.24. The molecule has 3 rings (SSSR count). The van der Waals surface area contributed by atoms with Crippen molar-refractivity contribution >= 4 is 0 Å². The minimum Gasteiger partial charge on any atom is -0.390 e. The van der Waals surface area contributed by atoms with Crippen molar-refractivity contribution in [2.24, 2.45) is 5.92 Å². The molecule has 6 heteroatoms. The summed E-state index contributed by atoms with van der Waals surface area (Å²) in [5.41, 5.74) is 0. The fraction of sp³-hybridized carbons (Fsp3) is 0.786. The van der Waals surface area contributed by atoms with Crippen LogP contribution in [-0.2, 0) is 16.0 Å². The van der Waals surface area contributed by atoms with Gasteiger partial charge in [0, 0.05) is 31.4 Å². The van der Waals surface area contributed by atoms with E-state index in [1.165, 1.54) is 0 Å². The lowest BCUT2D eigenvalue weighted by molar-refractivity contribution is -0.102. The third kappa shape index (κ3) is 3.58. The largest absolute Gasteiger partial charge is 0.390 e. The van der Waals surface area contributed by atoms with Crippen LogP contribution in [0.15, 0.2) is 18.5 Å². The first-order valence-electron chi connectivity index (χ1n) is 7.42. The zero-order valence-electron chi connectivity index (χ0n) is 11.7. The number of β-amino-alcohol motifs (C(OH)–C–C–N with tert-alkyl or cyclic N) is 1. The molecule has 2 fully saturated rings. The van der Waals surface area contributed by atoms with Crippen LogP contribution in [0.3, 0.4) is 0 Å². The molecular weight excluding hydrogens is 258 g/mol. The topological polar surface area (TPSA) is 59.8 Å². The Balaban J connectivity index is 1.46. The highest BCUT2D eigenvalue weighted by Gasteiger charge is 2.31. The Morgan fingerprint density at radius 2 is 2.15 bits per heavy atom. The predicted octanol–water partition coefficient (Wildman–Crippen LogP) is 0.329. The summed E-state index contributed by atoms with van der Waals surface area (Å²) in [6, 6.07) is 1.87. The first kappa shape index (κ1) is 14.0. The number of nitrogens with zero attached hydrogens (tertiary/aromatic N) is 3. The van der Waals surface area contributed by atoms with Crippen LogP contribution in [0.1, 0.15) is 12.8 Å². The van der Waals surface area contributed by atoms with Gasteiger partial charge in [-0.15, -0.1) is 0 Å². The third-order valence-corrected chi connectivity index (χ3v) is 4.00. The number of piperidine rings is 1. The Labute approximate surface area is 119 Å². The van der Waals surface area contributed by atoms with Crippen molar-refractivity contribution in [3.63, 3.8) is 0 Å². The molecule has 0 radical (unpaired) electrons. The van der Waals surface area contributed by atoms with Gasteiger partial charge in [-0.25, -0.2) is 0 Å². The molecule has 2 unspecified atom stereocenters. The molecule has 20 heavy (non-hydrogen) atoms. The summed E-state index contributed by atoms with van der Waals surface area (Å²) in [7, 11) is 0. The van der Waals surface area contributed by atoms with E-state index in [0.717, 1.165) is 25.9 Å². The van der Waals surface area contributed by atoms with Crippen molar-refractivity contribution in [1.82, 2.24) is 14.7 Å². The molecule has 3 heterocycles. The quantitative estimate of drug-likeness (QED) is 0.843.